The van der Waals surface area contributed by atoms with Crippen molar-refractivity contribution in [1.29, 1.82) is 0 Å². The SMILES string of the molecule is CCc1cc(=O)[nH]c(CNC2(CO)CCc3ccccc32)n1. The number of fused-ring (bicyclic) bond motifs is 1. The molecule has 0 radical (unpaired) electrons. The largest absolute Gasteiger partial charge is 0.394 e. The fraction of sp³-hybridized carbons (Fsp3) is 0.412. The van der Waals surface area contributed by atoms with Crippen LogP contribution in [-0.4, -0.2) is 21.7 Å². The van der Waals surface area contributed by atoms with Crippen LogP contribution in [0.2, 0.25) is 0 Å². The fourth-order valence-electron chi connectivity index (χ4n) is 3.17. The maximum Gasteiger partial charge on any atom is 0.251 e. The molecular weight excluding hydrogens is 278 g/mol. The molecule has 0 bridgehead atoms. The van der Waals surface area contributed by atoms with E-state index in [9.17, 15) is 9.90 Å². The Hall–Kier alpha value is -1.98. The normalized spacial score (nSPS) is 20.1. The second kappa shape index (κ2) is 6.02. The molecule has 0 amide bonds. The molecule has 0 aliphatic heterocycles. The van der Waals surface area contributed by atoms with Crippen LogP contribution in [0.4, 0.5) is 0 Å². The molecule has 5 nitrogen and oxygen atoms in total. The van der Waals surface area contributed by atoms with Gasteiger partial charge in [0, 0.05) is 11.8 Å². The van der Waals surface area contributed by atoms with Crippen molar-refractivity contribution in [1.82, 2.24) is 15.3 Å². The molecule has 0 spiro atoms. The molecule has 0 saturated carbocycles. The third-order valence-corrected chi connectivity index (χ3v) is 4.42. The first kappa shape index (κ1) is 14.9. The van der Waals surface area contributed by atoms with Gasteiger partial charge in [0.2, 0.25) is 0 Å². The predicted molar refractivity (Wildman–Crippen MR) is 84.6 cm³/mol. The molecular formula is C17H21N3O2. The van der Waals surface area contributed by atoms with E-state index in [4.69, 9.17) is 0 Å². The Morgan fingerprint density at radius 2 is 2.23 bits per heavy atom. The minimum absolute atomic E-state index is 0.0295. The highest BCUT2D eigenvalue weighted by molar-refractivity contribution is 5.38. The zero-order valence-corrected chi connectivity index (χ0v) is 12.7. The predicted octanol–water partition coefficient (Wildman–Crippen LogP) is 1.26. The van der Waals surface area contributed by atoms with Crippen molar-refractivity contribution in [3.63, 3.8) is 0 Å². The van der Waals surface area contributed by atoms with Crippen LogP contribution in [0.25, 0.3) is 0 Å². The van der Waals surface area contributed by atoms with Crippen molar-refractivity contribution < 1.29 is 5.11 Å². The summed E-state index contributed by atoms with van der Waals surface area (Å²) in [4.78, 5) is 18.8. The average molecular weight is 299 g/mol. The fourth-order valence-corrected chi connectivity index (χ4v) is 3.17. The average Bonchev–Trinajstić information content (AvgIpc) is 2.92. The van der Waals surface area contributed by atoms with Gasteiger partial charge in [0.15, 0.2) is 0 Å². The molecule has 1 aliphatic rings. The van der Waals surface area contributed by atoms with Crippen LogP contribution in [0, 0.1) is 0 Å². The molecule has 1 aromatic heterocycles. The standard InChI is InChI=1S/C17H21N3O2/c1-2-13-9-16(22)20-15(19-13)10-18-17(11-21)8-7-12-5-3-4-6-14(12)17/h3-6,9,18,21H,2,7-8,10-11H2,1H3,(H,19,20,22). The molecule has 22 heavy (non-hydrogen) atoms. The minimum atomic E-state index is -0.447. The summed E-state index contributed by atoms with van der Waals surface area (Å²) in [5, 5.41) is 13.4. The summed E-state index contributed by atoms with van der Waals surface area (Å²) in [6, 6.07) is 9.71. The second-order valence-electron chi connectivity index (χ2n) is 5.79. The van der Waals surface area contributed by atoms with Crippen LogP contribution in [0.3, 0.4) is 0 Å². The number of H-pyrrole nitrogens is 1. The number of nitrogens with one attached hydrogen (secondary N) is 2. The number of aromatic amines is 1. The Bertz CT molecular complexity index is 726. The van der Waals surface area contributed by atoms with Gasteiger partial charge < -0.3 is 10.1 Å². The molecule has 5 heteroatoms. The highest BCUT2D eigenvalue weighted by atomic mass is 16.3. The van der Waals surface area contributed by atoms with Crippen LogP contribution in [-0.2, 0) is 24.9 Å². The van der Waals surface area contributed by atoms with Crippen LogP contribution < -0.4 is 10.9 Å². The lowest BCUT2D eigenvalue weighted by atomic mass is 9.92. The summed E-state index contributed by atoms with van der Waals surface area (Å²) in [5.74, 6) is 0.613. The van der Waals surface area contributed by atoms with Gasteiger partial charge in [-0.05, 0) is 30.4 Å². The summed E-state index contributed by atoms with van der Waals surface area (Å²) in [7, 11) is 0. The van der Waals surface area contributed by atoms with E-state index < -0.39 is 5.54 Å². The number of rotatable bonds is 5. The minimum Gasteiger partial charge on any atom is -0.394 e. The number of aryl methyl sites for hydroxylation is 2. The highest BCUT2D eigenvalue weighted by Gasteiger charge is 2.37. The quantitative estimate of drug-likeness (QED) is 0.776. The third-order valence-electron chi connectivity index (χ3n) is 4.42. The van der Waals surface area contributed by atoms with Crippen molar-refractivity contribution >= 4 is 0 Å². The maximum atomic E-state index is 11.6. The Kier molecular flexibility index (Phi) is 4.09. The van der Waals surface area contributed by atoms with Gasteiger partial charge in [0.25, 0.3) is 5.56 Å². The first-order valence-corrected chi connectivity index (χ1v) is 7.70. The number of aliphatic hydroxyl groups is 1. The Labute approximate surface area is 129 Å². The molecule has 3 N–H and O–H groups in total. The number of aliphatic hydroxyl groups excluding tert-OH is 1. The summed E-state index contributed by atoms with van der Waals surface area (Å²) >= 11 is 0. The van der Waals surface area contributed by atoms with Gasteiger partial charge in [-0.25, -0.2) is 4.98 Å². The van der Waals surface area contributed by atoms with Gasteiger partial charge >= 0.3 is 0 Å². The van der Waals surface area contributed by atoms with Gasteiger partial charge in [0.1, 0.15) is 5.82 Å². The van der Waals surface area contributed by atoms with Crippen LogP contribution in [0.1, 0.15) is 36.0 Å². The smallest absolute Gasteiger partial charge is 0.251 e. The van der Waals surface area contributed by atoms with Crippen molar-refractivity contribution in [3.8, 4) is 0 Å². The molecule has 0 fully saturated rings. The van der Waals surface area contributed by atoms with E-state index in [1.807, 2.05) is 19.1 Å². The van der Waals surface area contributed by atoms with Crippen molar-refractivity contribution in [2.24, 2.45) is 0 Å². The molecule has 116 valence electrons. The Morgan fingerprint density at radius 1 is 1.41 bits per heavy atom. The molecule has 1 heterocycles. The Morgan fingerprint density at radius 3 is 3.00 bits per heavy atom. The van der Waals surface area contributed by atoms with Crippen molar-refractivity contribution in [2.45, 2.75) is 38.3 Å². The lowest BCUT2D eigenvalue weighted by Crippen LogP contribution is -2.44. The summed E-state index contributed by atoms with van der Waals surface area (Å²) < 4.78 is 0. The lowest BCUT2D eigenvalue weighted by Gasteiger charge is -2.29. The van der Waals surface area contributed by atoms with Crippen LogP contribution in [0.5, 0.6) is 0 Å². The first-order chi connectivity index (χ1) is 10.7. The van der Waals surface area contributed by atoms with Crippen molar-refractivity contribution in [2.75, 3.05) is 6.61 Å². The van der Waals surface area contributed by atoms with Gasteiger partial charge in [0.05, 0.1) is 18.7 Å². The van der Waals surface area contributed by atoms with E-state index >= 15 is 0 Å². The van der Waals surface area contributed by atoms with Crippen LogP contribution in [0.15, 0.2) is 35.1 Å². The zero-order valence-electron chi connectivity index (χ0n) is 12.7. The van der Waals surface area contributed by atoms with Gasteiger partial charge in [-0.1, -0.05) is 31.2 Å². The molecule has 3 rings (SSSR count). The number of nitrogens with zero attached hydrogens (tertiary/aromatic N) is 1. The lowest BCUT2D eigenvalue weighted by molar-refractivity contribution is 0.158. The number of hydrogen-bond donors (Lipinski definition) is 3. The third kappa shape index (κ3) is 2.69. The van der Waals surface area contributed by atoms with E-state index in [-0.39, 0.29) is 12.2 Å². The monoisotopic (exact) mass is 299 g/mol. The topological polar surface area (TPSA) is 78.0 Å². The zero-order chi connectivity index (χ0) is 15.6. The van der Waals surface area contributed by atoms with E-state index in [0.717, 1.165) is 30.5 Å². The molecule has 2 aromatic rings. The van der Waals surface area contributed by atoms with E-state index in [1.54, 1.807) is 0 Å². The number of benzene rings is 1. The number of aromatic nitrogens is 2. The van der Waals surface area contributed by atoms with E-state index in [0.29, 0.717) is 12.4 Å². The molecule has 0 saturated heterocycles. The number of hydrogen-bond acceptors (Lipinski definition) is 4. The van der Waals surface area contributed by atoms with Gasteiger partial charge in [-0.15, -0.1) is 0 Å². The summed E-state index contributed by atoms with van der Waals surface area (Å²) in [5.41, 5.74) is 2.62. The molecule has 1 atom stereocenters. The molecule has 1 aliphatic carbocycles. The first-order valence-electron chi connectivity index (χ1n) is 7.70. The molecule has 1 unspecified atom stereocenters. The summed E-state index contributed by atoms with van der Waals surface area (Å²) in [6.07, 6.45) is 2.52. The summed E-state index contributed by atoms with van der Waals surface area (Å²) in [6.45, 7) is 2.43. The van der Waals surface area contributed by atoms with E-state index in [1.165, 1.54) is 11.6 Å². The Balaban J connectivity index is 1.83. The van der Waals surface area contributed by atoms with Crippen molar-refractivity contribution in [3.05, 3.63) is 63.3 Å². The van der Waals surface area contributed by atoms with Gasteiger partial charge in [-0.2, -0.15) is 0 Å². The molecule has 1 aromatic carbocycles. The van der Waals surface area contributed by atoms with Crippen LogP contribution >= 0.6 is 0 Å². The van der Waals surface area contributed by atoms with E-state index in [2.05, 4.69) is 27.4 Å². The highest BCUT2D eigenvalue weighted by Crippen LogP contribution is 2.36. The van der Waals surface area contributed by atoms with Gasteiger partial charge in [-0.3, -0.25) is 10.1 Å². The maximum absolute atomic E-state index is 11.6. The second-order valence-corrected chi connectivity index (χ2v) is 5.79.